The minimum atomic E-state index is -0.00973. The highest BCUT2D eigenvalue weighted by Crippen LogP contribution is 2.25. The van der Waals surface area contributed by atoms with Gasteiger partial charge in [0.15, 0.2) is 0 Å². The van der Waals surface area contributed by atoms with Gasteiger partial charge < -0.3 is 10.5 Å². The van der Waals surface area contributed by atoms with E-state index in [0.717, 1.165) is 12.2 Å². The Labute approximate surface area is 125 Å². The number of nitrogens with two attached hydrogens (primary N) is 1. The van der Waals surface area contributed by atoms with Gasteiger partial charge in [-0.05, 0) is 40.5 Å². The largest absolute Gasteiger partial charge is 0.497 e. The molecule has 2 N–H and O–H groups in total. The van der Waals surface area contributed by atoms with E-state index < -0.39 is 0 Å². The molecule has 2 heteroatoms. The van der Waals surface area contributed by atoms with Crippen LogP contribution >= 0.6 is 0 Å². The molecule has 0 aromatic heterocycles. The van der Waals surface area contributed by atoms with Crippen LogP contribution in [0.5, 0.6) is 5.75 Å². The Kier molecular flexibility index (Phi) is 3.89. The smallest absolute Gasteiger partial charge is 0.118 e. The first kappa shape index (κ1) is 13.7. The number of fused-ring (bicyclic) bond motifs is 1. The zero-order valence-electron chi connectivity index (χ0n) is 12.1. The van der Waals surface area contributed by atoms with Crippen LogP contribution in [0.15, 0.2) is 66.7 Å². The Morgan fingerprint density at radius 1 is 0.905 bits per heavy atom. The monoisotopic (exact) mass is 277 g/mol. The topological polar surface area (TPSA) is 35.2 Å². The second kappa shape index (κ2) is 5.98. The summed E-state index contributed by atoms with van der Waals surface area (Å²) >= 11 is 0. The van der Waals surface area contributed by atoms with Crippen LogP contribution in [-0.4, -0.2) is 7.11 Å². The van der Waals surface area contributed by atoms with Gasteiger partial charge in [0.1, 0.15) is 5.75 Å². The standard InChI is InChI=1S/C19H19NO/c1-21-16-11-9-14(10-12-16)13-19(20)18-8-4-6-15-5-2-3-7-17(15)18/h2-12,19H,13,20H2,1H3. The number of hydrogen-bond donors (Lipinski definition) is 1. The Morgan fingerprint density at radius 3 is 2.38 bits per heavy atom. The fourth-order valence-electron chi connectivity index (χ4n) is 2.70. The quantitative estimate of drug-likeness (QED) is 0.779. The first-order chi connectivity index (χ1) is 10.3. The number of hydrogen-bond acceptors (Lipinski definition) is 2. The molecule has 3 aromatic carbocycles. The van der Waals surface area contributed by atoms with E-state index in [4.69, 9.17) is 10.5 Å². The van der Waals surface area contributed by atoms with Gasteiger partial charge in [0, 0.05) is 6.04 Å². The van der Waals surface area contributed by atoms with Crippen molar-refractivity contribution >= 4 is 10.8 Å². The fourth-order valence-corrected chi connectivity index (χ4v) is 2.70. The number of benzene rings is 3. The van der Waals surface area contributed by atoms with Gasteiger partial charge >= 0.3 is 0 Å². The lowest BCUT2D eigenvalue weighted by Crippen LogP contribution is -2.13. The van der Waals surface area contributed by atoms with E-state index in [9.17, 15) is 0 Å². The van der Waals surface area contributed by atoms with Gasteiger partial charge in [-0.2, -0.15) is 0 Å². The molecule has 0 saturated heterocycles. The molecule has 1 unspecified atom stereocenters. The Balaban J connectivity index is 1.88. The first-order valence-corrected chi connectivity index (χ1v) is 7.14. The average Bonchev–Trinajstić information content (AvgIpc) is 2.55. The van der Waals surface area contributed by atoms with Crippen molar-refractivity contribution in [2.45, 2.75) is 12.5 Å². The molecule has 0 spiro atoms. The second-order valence-corrected chi connectivity index (χ2v) is 5.23. The molecule has 0 fully saturated rings. The summed E-state index contributed by atoms with van der Waals surface area (Å²) in [5.41, 5.74) is 8.85. The minimum absolute atomic E-state index is 0.00973. The van der Waals surface area contributed by atoms with Gasteiger partial charge in [-0.1, -0.05) is 54.6 Å². The molecule has 3 rings (SSSR count). The zero-order valence-corrected chi connectivity index (χ0v) is 12.1. The van der Waals surface area contributed by atoms with Crippen molar-refractivity contribution in [1.82, 2.24) is 0 Å². The molecule has 3 aromatic rings. The summed E-state index contributed by atoms with van der Waals surface area (Å²) in [5.74, 6) is 0.873. The molecular formula is C19H19NO. The maximum Gasteiger partial charge on any atom is 0.118 e. The van der Waals surface area contributed by atoms with E-state index in [1.54, 1.807) is 7.11 Å². The lowest BCUT2D eigenvalue weighted by Gasteiger charge is -2.15. The van der Waals surface area contributed by atoms with E-state index >= 15 is 0 Å². The average molecular weight is 277 g/mol. The van der Waals surface area contributed by atoms with Crippen LogP contribution in [0.25, 0.3) is 10.8 Å². The molecule has 106 valence electrons. The zero-order chi connectivity index (χ0) is 14.7. The van der Waals surface area contributed by atoms with Gasteiger partial charge in [-0.3, -0.25) is 0 Å². The van der Waals surface area contributed by atoms with Crippen LogP contribution in [0, 0.1) is 0 Å². The minimum Gasteiger partial charge on any atom is -0.497 e. The van der Waals surface area contributed by atoms with Crippen molar-refractivity contribution in [3.63, 3.8) is 0 Å². The summed E-state index contributed by atoms with van der Waals surface area (Å²) in [7, 11) is 1.68. The van der Waals surface area contributed by atoms with Crippen molar-refractivity contribution in [1.29, 1.82) is 0 Å². The molecule has 0 aliphatic carbocycles. The predicted octanol–water partition coefficient (Wildman–Crippen LogP) is 4.09. The van der Waals surface area contributed by atoms with Gasteiger partial charge in [-0.15, -0.1) is 0 Å². The third-order valence-corrected chi connectivity index (χ3v) is 3.84. The van der Waals surface area contributed by atoms with Crippen LogP contribution in [0.1, 0.15) is 17.2 Å². The van der Waals surface area contributed by atoms with Crippen LogP contribution in [-0.2, 0) is 6.42 Å². The fraction of sp³-hybridized carbons (Fsp3) is 0.158. The van der Waals surface area contributed by atoms with E-state index in [1.165, 1.54) is 21.9 Å². The molecular weight excluding hydrogens is 258 g/mol. The number of ether oxygens (including phenoxy) is 1. The summed E-state index contributed by atoms with van der Waals surface area (Å²) in [6.45, 7) is 0. The van der Waals surface area contributed by atoms with E-state index in [0.29, 0.717) is 0 Å². The SMILES string of the molecule is COc1ccc(CC(N)c2cccc3ccccc23)cc1. The summed E-state index contributed by atoms with van der Waals surface area (Å²) < 4.78 is 5.19. The molecule has 0 aliphatic rings. The number of methoxy groups -OCH3 is 1. The van der Waals surface area contributed by atoms with Crippen LogP contribution < -0.4 is 10.5 Å². The maximum atomic E-state index is 6.43. The Hall–Kier alpha value is -2.32. The molecule has 21 heavy (non-hydrogen) atoms. The maximum absolute atomic E-state index is 6.43. The summed E-state index contributed by atoms with van der Waals surface area (Å²) in [5, 5.41) is 2.47. The van der Waals surface area contributed by atoms with Crippen molar-refractivity contribution in [2.75, 3.05) is 7.11 Å². The third-order valence-electron chi connectivity index (χ3n) is 3.84. The molecule has 0 radical (unpaired) electrons. The van der Waals surface area contributed by atoms with Crippen LogP contribution in [0.2, 0.25) is 0 Å². The second-order valence-electron chi connectivity index (χ2n) is 5.23. The molecule has 0 heterocycles. The van der Waals surface area contributed by atoms with Crippen LogP contribution in [0.4, 0.5) is 0 Å². The van der Waals surface area contributed by atoms with E-state index in [2.05, 4.69) is 54.6 Å². The van der Waals surface area contributed by atoms with E-state index in [-0.39, 0.29) is 6.04 Å². The van der Waals surface area contributed by atoms with Crippen molar-refractivity contribution in [3.8, 4) is 5.75 Å². The Morgan fingerprint density at radius 2 is 1.62 bits per heavy atom. The van der Waals surface area contributed by atoms with Crippen molar-refractivity contribution in [2.24, 2.45) is 5.73 Å². The van der Waals surface area contributed by atoms with Gasteiger partial charge in [-0.25, -0.2) is 0 Å². The molecule has 2 nitrogen and oxygen atoms in total. The highest BCUT2D eigenvalue weighted by molar-refractivity contribution is 5.86. The number of rotatable bonds is 4. The highest BCUT2D eigenvalue weighted by Gasteiger charge is 2.10. The molecule has 0 saturated carbocycles. The van der Waals surface area contributed by atoms with Gasteiger partial charge in [0.25, 0.3) is 0 Å². The first-order valence-electron chi connectivity index (χ1n) is 7.14. The lowest BCUT2D eigenvalue weighted by molar-refractivity contribution is 0.414. The lowest BCUT2D eigenvalue weighted by atomic mass is 9.95. The molecule has 1 atom stereocenters. The third kappa shape index (κ3) is 2.91. The van der Waals surface area contributed by atoms with Gasteiger partial charge in [0.05, 0.1) is 7.11 Å². The van der Waals surface area contributed by atoms with E-state index in [1.807, 2.05) is 12.1 Å². The summed E-state index contributed by atoms with van der Waals surface area (Å²) in [6, 6.07) is 22.8. The summed E-state index contributed by atoms with van der Waals surface area (Å²) in [6.07, 6.45) is 0.817. The molecule has 0 bridgehead atoms. The van der Waals surface area contributed by atoms with Crippen molar-refractivity contribution < 1.29 is 4.74 Å². The van der Waals surface area contributed by atoms with Crippen molar-refractivity contribution in [3.05, 3.63) is 77.9 Å². The summed E-state index contributed by atoms with van der Waals surface area (Å²) in [4.78, 5) is 0. The Bertz CT molecular complexity index is 729. The highest BCUT2D eigenvalue weighted by atomic mass is 16.5. The van der Waals surface area contributed by atoms with Gasteiger partial charge in [0.2, 0.25) is 0 Å². The molecule has 0 aliphatic heterocycles. The normalized spacial score (nSPS) is 12.3. The molecule has 0 amide bonds. The van der Waals surface area contributed by atoms with Crippen LogP contribution in [0.3, 0.4) is 0 Å². The predicted molar refractivity (Wildman–Crippen MR) is 87.6 cm³/mol.